The first-order valence-electron chi connectivity index (χ1n) is 11.0. The van der Waals surface area contributed by atoms with Crippen LogP contribution in [0, 0.1) is 11.3 Å². The SMILES string of the molecule is CCc1ccc(NC(=O)/C(C#N)=C/c2ccc(OCc3ccc4ccccc4c3)c(Br)c2)cc1. The molecule has 0 unspecified atom stereocenters. The van der Waals surface area contributed by atoms with Gasteiger partial charge in [-0.1, -0.05) is 61.5 Å². The zero-order valence-electron chi connectivity index (χ0n) is 18.7. The van der Waals surface area contributed by atoms with E-state index in [9.17, 15) is 10.1 Å². The van der Waals surface area contributed by atoms with Gasteiger partial charge in [0.25, 0.3) is 5.91 Å². The summed E-state index contributed by atoms with van der Waals surface area (Å²) in [6, 6.07) is 29.5. The van der Waals surface area contributed by atoms with Gasteiger partial charge in [-0.05, 0) is 86.2 Å². The van der Waals surface area contributed by atoms with E-state index in [4.69, 9.17) is 4.74 Å². The zero-order chi connectivity index (χ0) is 23.9. The highest BCUT2D eigenvalue weighted by atomic mass is 79.9. The van der Waals surface area contributed by atoms with E-state index < -0.39 is 5.91 Å². The molecular weight excluding hydrogens is 488 g/mol. The topological polar surface area (TPSA) is 62.1 Å². The summed E-state index contributed by atoms with van der Waals surface area (Å²) in [7, 11) is 0. The maximum Gasteiger partial charge on any atom is 0.266 e. The number of aryl methyl sites for hydroxylation is 1. The highest BCUT2D eigenvalue weighted by Crippen LogP contribution is 2.28. The fourth-order valence-corrected chi connectivity index (χ4v) is 4.06. The molecule has 0 aliphatic heterocycles. The molecule has 1 amide bonds. The average Bonchev–Trinajstić information content (AvgIpc) is 2.87. The number of ether oxygens (including phenoxy) is 1. The predicted molar refractivity (Wildman–Crippen MR) is 140 cm³/mol. The molecule has 0 atom stereocenters. The van der Waals surface area contributed by atoms with Crippen LogP contribution >= 0.6 is 15.9 Å². The van der Waals surface area contributed by atoms with Crippen LogP contribution in [0.5, 0.6) is 5.75 Å². The Kier molecular flexibility index (Phi) is 7.41. The third-order valence-electron chi connectivity index (χ3n) is 5.46. The molecule has 0 bridgehead atoms. The molecule has 168 valence electrons. The zero-order valence-corrected chi connectivity index (χ0v) is 20.3. The highest BCUT2D eigenvalue weighted by molar-refractivity contribution is 9.10. The van der Waals surface area contributed by atoms with Crippen LogP contribution in [-0.4, -0.2) is 5.91 Å². The van der Waals surface area contributed by atoms with E-state index in [0.29, 0.717) is 18.0 Å². The van der Waals surface area contributed by atoms with Crippen LogP contribution in [0.2, 0.25) is 0 Å². The number of nitrogens with zero attached hydrogens (tertiary/aromatic N) is 1. The molecule has 0 spiro atoms. The molecule has 0 aliphatic carbocycles. The van der Waals surface area contributed by atoms with Gasteiger partial charge < -0.3 is 10.1 Å². The Morgan fingerprint density at radius 2 is 1.71 bits per heavy atom. The van der Waals surface area contributed by atoms with Crippen LogP contribution in [0.15, 0.2) is 95.0 Å². The third kappa shape index (κ3) is 5.72. The summed E-state index contributed by atoms with van der Waals surface area (Å²) in [5.41, 5.74) is 3.66. The van der Waals surface area contributed by atoms with Crippen LogP contribution in [0.3, 0.4) is 0 Å². The van der Waals surface area contributed by atoms with Crippen LogP contribution in [0.25, 0.3) is 16.8 Å². The normalized spacial score (nSPS) is 11.1. The van der Waals surface area contributed by atoms with Gasteiger partial charge in [0, 0.05) is 5.69 Å². The second-order valence-electron chi connectivity index (χ2n) is 7.83. The van der Waals surface area contributed by atoms with Gasteiger partial charge in [-0.25, -0.2) is 0 Å². The van der Waals surface area contributed by atoms with Crippen molar-refractivity contribution in [3.63, 3.8) is 0 Å². The standard InChI is InChI=1S/C29H23BrN2O2/c1-2-20-8-12-26(13-9-20)32-29(33)25(18-31)15-21-10-14-28(27(30)17-21)34-19-22-7-11-23-5-3-4-6-24(23)16-22/h3-17H,2,19H2,1H3,(H,32,33)/b25-15+. The number of rotatable bonds is 7. The van der Waals surface area contributed by atoms with Crippen molar-refractivity contribution in [3.8, 4) is 11.8 Å². The summed E-state index contributed by atoms with van der Waals surface area (Å²) in [5.74, 6) is 0.240. The summed E-state index contributed by atoms with van der Waals surface area (Å²) in [6.45, 7) is 2.50. The molecule has 34 heavy (non-hydrogen) atoms. The average molecular weight is 511 g/mol. The molecule has 4 aromatic rings. The molecule has 0 radical (unpaired) electrons. The van der Waals surface area contributed by atoms with Crippen LogP contribution in [-0.2, 0) is 17.8 Å². The molecule has 4 rings (SSSR count). The lowest BCUT2D eigenvalue weighted by Gasteiger charge is -2.10. The molecule has 0 fully saturated rings. The Morgan fingerprint density at radius 3 is 2.41 bits per heavy atom. The molecule has 0 aliphatic rings. The number of nitriles is 1. The summed E-state index contributed by atoms with van der Waals surface area (Å²) in [6.07, 6.45) is 2.49. The number of fused-ring (bicyclic) bond motifs is 1. The largest absolute Gasteiger partial charge is 0.488 e. The molecule has 0 heterocycles. The van der Waals surface area contributed by atoms with Gasteiger partial charge in [0.2, 0.25) is 0 Å². The van der Waals surface area contributed by atoms with E-state index in [1.165, 1.54) is 16.3 Å². The van der Waals surface area contributed by atoms with Crippen molar-refractivity contribution in [2.45, 2.75) is 20.0 Å². The Labute approximate surface area is 207 Å². The van der Waals surface area contributed by atoms with Crippen LogP contribution in [0.1, 0.15) is 23.6 Å². The van der Waals surface area contributed by atoms with Crippen molar-refractivity contribution >= 4 is 44.4 Å². The fraction of sp³-hybridized carbons (Fsp3) is 0.103. The molecule has 0 aromatic heterocycles. The third-order valence-corrected chi connectivity index (χ3v) is 6.08. The van der Waals surface area contributed by atoms with Crippen molar-refractivity contribution < 1.29 is 9.53 Å². The van der Waals surface area contributed by atoms with Crippen molar-refractivity contribution in [1.29, 1.82) is 5.26 Å². The highest BCUT2D eigenvalue weighted by Gasteiger charge is 2.11. The fourth-order valence-electron chi connectivity index (χ4n) is 3.55. The first kappa shape index (κ1) is 23.3. The van der Waals surface area contributed by atoms with Crippen molar-refractivity contribution in [2.24, 2.45) is 0 Å². The van der Waals surface area contributed by atoms with E-state index in [1.807, 2.05) is 60.7 Å². The Hall–Kier alpha value is -3.88. The molecule has 0 saturated carbocycles. The minimum absolute atomic E-state index is 0.0244. The number of carbonyl (C=O) groups excluding carboxylic acids is 1. The van der Waals surface area contributed by atoms with E-state index in [-0.39, 0.29) is 5.57 Å². The number of carbonyl (C=O) groups is 1. The number of amides is 1. The number of benzene rings is 4. The van der Waals surface area contributed by atoms with Crippen molar-refractivity contribution in [3.05, 3.63) is 112 Å². The van der Waals surface area contributed by atoms with Crippen LogP contribution < -0.4 is 10.1 Å². The molecule has 1 N–H and O–H groups in total. The Bertz CT molecular complexity index is 1400. The van der Waals surface area contributed by atoms with Crippen molar-refractivity contribution in [2.75, 3.05) is 5.32 Å². The molecule has 0 saturated heterocycles. The summed E-state index contributed by atoms with van der Waals surface area (Å²) in [4.78, 5) is 12.6. The first-order valence-corrected chi connectivity index (χ1v) is 11.8. The second kappa shape index (κ2) is 10.8. The minimum atomic E-state index is -0.445. The lowest BCUT2D eigenvalue weighted by atomic mass is 10.1. The maximum atomic E-state index is 12.6. The number of anilines is 1. The van der Waals surface area contributed by atoms with Crippen LogP contribution in [0.4, 0.5) is 5.69 Å². The van der Waals surface area contributed by atoms with Gasteiger partial charge in [0.05, 0.1) is 4.47 Å². The van der Waals surface area contributed by atoms with Gasteiger partial charge in [-0.2, -0.15) is 5.26 Å². The van der Waals surface area contributed by atoms with Crippen molar-refractivity contribution in [1.82, 2.24) is 0 Å². The lowest BCUT2D eigenvalue weighted by molar-refractivity contribution is -0.112. The Morgan fingerprint density at radius 1 is 0.971 bits per heavy atom. The van der Waals surface area contributed by atoms with Gasteiger partial charge >= 0.3 is 0 Å². The van der Waals surface area contributed by atoms with Gasteiger partial charge in [0.15, 0.2) is 0 Å². The maximum absolute atomic E-state index is 12.6. The summed E-state index contributed by atoms with van der Waals surface area (Å²) < 4.78 is 6.74. The van der Waals surface area contributed by atoms with E-state index in [2.05, 4.69) is 58.5 Å². The number of hydrogen-bond acceptors (Lipinski definition) is 3. The Balaban J connectivity index is 1.43. The lowest BCUT2D eigenvalue weighted by Crippen LogP contribution is -2.13. The first-order chi connectivity index (χ1) is 16.6. The molecular formula is C29H23BrN2O2. The van der Waals surface area contributed by atoms with Gasteiger partial charge in [-0.3, -0.25) is 4.79 Å². The predicted octanol–water partition coefficient (Wildman–Crippen LogP) is 7.29. The van der Waals surface area contributed by atoms with E-state index >= 15 is 0 Å². The van der Waals surface area contributed by atoms with Gasteiger partial charge in [0.1, 0.15) is 24.0 Å². The second-order valence-corrected chi connectivity index (χ2v) is 8.69. The monoisotopic (exact) mass is 510 g/mol. The number of halogens is 1. The number of nitrogens with one attached hydrogen (secondary N) is 1. The minimum Gasteiger partial charge on any atom is -0.488 e. The molecule has 4 nitrogen and oxygen atoms in total. The number of hydrogen-bond donors (Lipinski definition) is 1. The quantitative estimate of drug-likeness (QED) is 0.209. The van der Waals surface area contributed by atoms with E-state index in [1.54, 1.807) is 6.08 Å². The summed E-state index contributed by atoms with van der Waals surface area (Å²) in [5, 5.41) is 14.7. The molecule has 4 aromatic carbocycles. The summed E-state index contributed by atoms with van der Waals surface area (Å²) >= 11 is 3.54. The molecule has 5 heteroatoms. The smallest absolute Gasteiger partial charge is 0.266 e. The van der Waals surface area contributed by atoms with E-state index in [0.717, 1.165) is 22.0 Å². The van der Waals surface area contributed by atoms with Gasteiger partial charge in [-0.15, -0.1) is 0 Å².